The summed E-state index contributed by atoms with van der Waals surface area (Å²) in [4.78, 5) is 71.8. The SMILES string of the molecule is CCC(C(=O)NCC(=O)OCc1ccccc1)C1CN(CC(=O)OC(C)(C)C)CCN(CC(=O)OC(C)(C)C)CCNCCN1CC(=O)OC(C)(C)C. The molecule has 2 rings (SSSR count). The van der Waals surface area contributed by atoms with Crippen LogP contribution in [0.25, 0.3) is 0 Å². The molecule has 1 heterocycles. The Hall–Kier alpha value is -3.59. The van der Waals surface area contributed by atoms with Gasteiger partial charge >= 0.3 is 23.9 Å². The van der Waals surface area contributed by atoms with Crippen molar-refractivity contribution in [1.82, 2.24) is 25.3 Å². The van der Waals surface area contributed by atoms with E-state index in [-0.39, 0.29) is 51.2 Å². The van der Waals surface area contributed by atoms with Gasteiger partial charge in [0.05, 0.1) is 25.6 Å². The highest BCUT2D eigenvalue weighted by Crippen LogP contribution is 2.20. The third-order valence-corrected chi connectivity index (χ3v) is 8.02. The van der Waals surface area contributed by atoms with Crippen LogP contribution in [0.4, 0.5) is 0 Å². The first-order valence-corrected chi connectivity index (χ1v) is 18.7. The maximum atomic E-state index is 13.9. The largest absolute Gasteiger partial charge is 0.460 e. The Labute approximate surface area is 316 Å². The Morgan fingerprint density at radius 1 is 0.717 bits per heavy atom. The molecule has 2 N–H and O–H groups in total. The van der Waals surface area contributed by atoms with Crippen LogP contribution in [0.1, 0.15) is 81.2 Å². The lowest BCUT2D eigenvalue weighted by molar-refractivity contribution is -0.160. The summed E-state index contributed by atoms with van der Waals surface area (Å²) in [6.07, 6.45) is 0.374. The van der Waals surface area contributed by atoms with Crippen molar-refractivity contribution in [3.8, 4) is 0 Å². The van der Waals surface area contributed by atoms with E-state index in [2.05, 4.69) is 10.6 Å². The highest BCUT2D eigenvalue weighted by Gasteiger charge is 2.36. The van der Waals surface area contributed by atoms with Gasteiger partial charge in [0.1, 0.15) is 30.0 Å². The van der Waals surface area contributed by atoms with Gasteiger partial charge in [0.25, 0.3) is 0 Å². The second-order valence-electron chi connectivity index (χ2n) is 16.4. The van der Waals surface area contributed by atoms with Crippen LogP contribution in [0, 0.1) is 5.92 Å². The number of carbonyl (C=O) groups excluding carboxylic acids is 5. The number of benzene rings is 1. The van der Waals surface area contributed by atoms with Gasteiger partial charge in [0.15, 0.2) is 0 Å². The molecule has 0 bridgehead atoms. The Bertz CT molecular complexity index is 1320. The summed E-state index contributed by atoms with van der Waals surface area (Å²) in [5, 5.41) is 6.17. The van der Waals surface area contributed by atoms with Gasteiger partial charge in [0, 0.05) is 51.9 Å². The predicted octanol–water partition coefficient (Wildman–Crippen LogP) is 2.78. The fourth-order valence-electron chi connectivity index (χ4n) is 5.86. The van der Waals surface area contributed by atoms with Gasteiger partial charge in [-0.1, -0.05) is 37.3 Å². The van der Waals surface area contributed by atoms with Crippen LogP contribution in [0.5, 0.6) is 0 Å². The van der Waals surface area contributed by atoms with Gasteiger partial charge in [-0.2, -0.15) is 0 Å². The maximum absolute atomic E-state index is 13.9. The lowest BCUT2D eigenvalue weighted by atomic mass is 9.93. The summed E-state index contributed by atoms with van der Waals surface area (Å²) in [6.45, 7) is 20.6. The quantitative estimate of drug-likeness (QED) is 0.225. The minimum Gasteiger partial charge on any atom is -0.460 e. The molecule has 14 heteroatoms. The van der Waals surface area contributed by atoms with Crippen molar-refractivity contribution in [3.05, 3.63) is 35.9 Å². The van der Waals surface area contributed by atoms with Crippen molar-refractivity contribution < 1.29 is 42.9 Å². The van der Waals surface area contributed by atoms with E-state index >= 15 is 0 Å². The smallest absolute Gasteiger partial charge is 0.325 e. The van der Waals surface area contributed by atoms with Crippen LogP contribution < -0.4 is 10.6 Å². The number of esters is 4. The van der Waals surface area contributed by atoms with Crippen LogP contribution >= 0.6 is 0 Å². The van der Waals surface area contributed by atoms with Gasteiger partial charge in [-0.25, -0.2) is 0 Å². The first kappa shape index (κ1) is 45.6. The molecule has 2 atom stereocenters. The van der Waals surface area contributed by atoms with Crippen molar-refractivity contribution in [2.75, 3.05) is 72.0 Å². The molecule has 1 aliphatic heterocycles. The standard InChI is InChI=1S/C39H65N5O9/c1-11-30(36(49)41-23-32(45)50-28-29-15-13-12-14-16-29)31-24-43(26-34(47)52-38(5,6)7)22-21-42(25-33(46)51-37(2,3)4)19-17-40-18-20-44(31)27-35(48)53-39(8,9)10/h12-16,30-31,40H,11,17-28H2,1-10H3,(H,41,49). The van der Waals surface area contributed by atoms with Crippen LogP contribution in [0.15, 0.2) is 30.3 Å². The zero-order valence-electron chi connectivity index (χ0n) is 33.7. The first-order chi connectivity index (χ1) is 24.6. The molecule has 1 aliphatic rings. The summed E-state index contributed by atoms with van der Waals surface area (Å²) in [5.41, 5.74) is -1.25. The molecule has 1 aromatic rings. The van der Waals surface area contributed by atoms with Crippen molar-refractivity contribution in [2.24, 2.45) is 5.92 Å². The number of nitrogens with one attached hydrogen (secondary N) is 2. The van der Waals surface area contributed by atoms with Crippen molar-refractivity contribution >= 4 is 29.8 Å². The molecule has 0 radical (unpaired) electrons. The molecule has 300 valence electrons. The maximum Gasteiger partial charge on any atom is 0.325 e. The predicted molar refractivity (Wildman–Crippen MR) is 202 cm³/mol. The van der Waals surface area contributed by atoms with Crippen LogP contribution in [-0.4, -0.2) is 139 Å². The van der Waals surface area contributed by atoms with Gasteiger partial charge < -0.3 is 29.6 Å². The zero-order valence-corrected chi connectivity index (χ0v) is 33.7. The Morgan fingerprint density at radius 2 is 1.23 bits per heavy atom. The lowest BCUT2D eigenvalue weighted by Gasteiger charge is -2.40. The van der Waals surface area contributed by atoms with E-state index in [1.807, 2.05) is 72.7 Å². The molecular formula is C39H65N5O9. The van der Waals surface area contributed by atoms with E-state index in [0.29, 0.717) is 45.7 Å². The first-order valence-electron chi connectivity index (χ1n) is 18.7. The summed E-state index contributed by atoms with van der Waals surface area (Å²) >= 11 is 0. The van der Waals surface area contributed by atoms with Crippen LogP contribution in [0.2, 0.25) is 0 Å². The molecule has 0 aromatic heterocycles. The fourth-order valence-corrected chi connectivity index (χ4v) is 5.86. The lowest BCUT2D eigenvalue weighted by Crippen LogP contribution is -2.57. The average Bonchev–Trinajstić information content (AvgIpc) is 3.01. The molecule has 0 saturated carbocycles. The van der Waals surface area contributed by atoms with E-state index in [9.17, 15) is 24.0 Å². The number of hydrogen-bond donors (Lipinski definition) is 2. The van der Waals surface area contributed by atoms with Gasteiger partial charge in [-0.05, 0) is 74.3 Å². The molecule has 1 saturated heterocycles. The van der Waals surface area contributed by atoms with Crippen molar-refractivity contribution in [1.29, 1.82) is 0 Å². The number of hydrogen-bond acceptors (Lipinski definition) is 13. The molecule has 2 unspecified atom stereocenters. The monoisotopic (exact) mass is 747 g/mol. The van der Waals surface area contributed by atoms with Gasteiger partial charge in [-0.15, -0.1) is 0 Å². The molecule has 53 heavy (non-hydrogen) atoms. The van der Waals surface area contributed by atoms with Crippen molar-refractivity contribution in [2.45, 2.75) is 105 Å². The third kappa shape index (κ3) is 19.9. The molecule has 14 nitrogen and oxygen atoms in total. The summed E-state index contributed by atoms with van der Waals surface area (Å²) in [7, 11) is 0. The van der Waals surface area contributed by atoms with Crippen molar-refractivity contribution in [3.63, 3.8) is 0 Å². The summed E-state index contributed by atoms with van der Waals surface area (Å²) in [6, 6.07) is 8.67. The number of ether oxygens (including phenoxy) is 4. The normalized spacial score (nSPS) is 18.1. The van der Waals surface area contributed by atoms with E-state index in [0.717, 1.165) is 5.56 Å². The Kier molecular flexibility index (Phi) is 18.3. The summed E-state index contributed by atoms with van der Waals surface area (Å²) < 4.78 is 22.4. The highest BCUT2D eigenvalue weighted by molar-refractivity contribution is 5.84. The Morgan fingerprint density at radius 3 is 1.77 bits per heavy atom. The number of carbonyl (C=O) groups is 5. The molecule has 1 amide bonds. The number of nitrogens with zero attached hydrogens (tertiary/aromatic N) is 3. The third-order valence-electron chi connectivity index (χ3n) is 8.02. The second kappa shape index (κ2) is 21.3. The van der Waals surface area contributed by atoms with E-state index in [1.54, 1.807) is 41.5 Å². The summed E-state index contributed by atoms with van der Waals surface area (Å²) in [5.74, 6) is -2.90. The molecular weight excluding hydrogens is 682 g/mol. The molecule has 0 aliphatic carbocycles. The Balaban J connectivity index is 2.42. The topological polar surface area (TPSA) is 156 Å². The van der Waals surface area contributed by atoms with E-state index in [1.165, 1.54) is 0 Å². The van der Waals surface area contributed by atoms with Gasteiger partial charge in [-0.3, -0.25) is 38.7 Å². The fraction of sp³-hybridized carbons (Fsp3) is 0.718. The molecule has 0 spiro atoms. The second-order valence-corrected chi connectivity index (χ2v) is 16.4. The van der Waals surface area contributed by atoms with E-state index < -0.39 is 46.7 Å². The minimum atomic E-state index is -0.723. The van der Waals surface area contributed by atoms with Gasteiger partial charge in [0.2, 0.25) is 5.91 Å². The van der Waals surface area contributed by atoms with E-state index in [4.69, 9.17) is 18.9 Å². The number of amides is 1. The number of rotatable bonds is 13. The minimum absolute atomic E-state index is 0.0633. The molecule has 1 fully saturated rings. The van der Waals surface area contributed by atoms with Crippen LogP contribution in [-0.2, 0) is 49.5 Å². The van der Waals surface area contributed by atoms with Crippen LogP contribution in [0.3, 0.4) is 0 Å². The zero-order chi connectivity index (χ0) is 39.8. The highest BCUT2D eigenvalue weighted by atomic mass is 16.6. The average molecular weight is 748 g/mol. The molecule has 1 aromatic carbocycles.